The number of hydrogen-bond acceptors (Lipinski definition) is 3. The summed E-state index contributed by atoms with van der Waals surface area (Å²) in [4.78, 5) is 6.44. The standard InChI is InChI=1S/C23H21BN3O/c1-16-15-26(3)21(14-20(16)17-8-5-4-6-9-17)27-13-11-18-19-10-7-12-25-23(19)28-22(18)24(27)2/h4-15H,1-3H3/q+1/i1D3. The zero-order valence-corrected chi connectivity index (χ0v) is 15.8. The summed E-state index contributed by atoms with van der Waals surface area (Å²) in [6.07, 6.45) is 7.49. The molecule has 136 valence electrons. The second kappa shape index (κ2) is 6.38. The predicted octanol–water partition coefficient (Wildman–Crippen LogP) is 3.95. The lowest BCUT2D eigenvalue weighted by Gasteiger charge is -2.22. The molecule has 0 spiro atoms. The Bertz CT molecular complexity index is 1320. The lowest BCUT2D eigenvalue weighted by molar-refractivity contribution is -0.658. The first-order valence-corrected chi connectivity index (χ1v) is 9.28. The van der Waals surface area contributed by atoms with Gasteiger partial charge in [-0.1, -0.05) is 30.3 Å². The van der Waals surface area contributed by atoms with Gasteiger partial charge in [-0.15, -0.1) is 0 Å². The molecule has 4 aromatic rings. The van der Waals surface area contributed by atoms with Crippen LogP contribution in [0.1, 0.15) is 15.2 Å². The van der Waals surface area contributed by atoms with E-state index in [0.29, 0.717) is 16.8 Å². The molecule has 0 saturated carbocycles. The Morgan fingerprint density at radius 1 is 1.18 bits per heavy atom. The molecule has 0 amide bonds. The summed E-state index contributed by atoms with van der Waals surface area (Å²) in [6, 6.07) is 15.5. The monoisotopic (exact) mass is 369 g/mol. The Kier molecular flexibility index (Phi) is 3.14. The summed E-state index contributed by atoms with van der Waals surface area (Å²) >= 11 is 0. The second-order valence-corrected chi connectivity index (χ2v) is 7.07. The quantitative estimate of drug-likeness (QED) is 0.396. The van der Waals surface area contributed by atoms with Gasteiger partial charge in [0.2, 0.25) is 5.71 Å². The van der Waals surface area contributed by atoms with Gasteiger partial charge in [0, 0.05) is 27.3 Å². The summed E-state index contributed by atoms with van der Waals surface area (Å²) in [6.45, 7) is -0.227. The number of anilines is 1. The number of nitrogens with zero attached hydrogens (tertiary/aromatic N) is 3. The Balaban J connectivity index is 1.66. The van der Waals surface area contributed by atoms with Gasteiger partial charge >= 0.3 is 6.85 Å². The molecular weight excluding hydrogens is 345 g/mol. The van der Waals surface area contributed by atoms with Crippen LogP contribution >= 0.6 is 0 Å². The maximum atomic E-state index is 8.04. The van der Waals surface area contributed by atoms with Crippen molar-refractivity contribution in [1.29, 1.82) is 0 Å². The van der Waals surface area contributed by atoms with Crippen molar-refractivity contribution in [3.05, 3.63) is 78.3 Å². The lowest BCUT2D eigenvalue weighted by Crippen LogP contribution is -2.50. The smallest absolute Gasteiger partial charge is 0.447 e. The first-order chi connectivity index (χ1) is 14.8. The van der Waals surface area contributed by atoms with Gasteiger partial charge in [0.25, 0.3) is 5.82 Å². The molecule has 0 saturated heterocycles. The number of rotatable bonds is 2. The van der Waals surface area contributed by atoms with Crippen molar-refractivity contribution in [3.8, 4) is 11.1 Å². The first kappa shape index (κ1) is 13.8. The van der Waals surface area contributed by atoms with E-state index < -0.39 is 6.85 Å². The molecule has 0 N–H and O–H groups in total. The number of aromatic nitrogens is 2. The SMILES string of the molecule is [2H]C([2H])([2H])c1c[n+](C)c(N2C=Cc3c(oc4ncccc34)B2C)cc1-c1ccccc1. The van der Waals surface area contributed by atoms with Gasteiger partial charge in [0.1, 0.15) is 5.66 Å². The van der Waals surface area contributed by atoms with Gasteiger partial charge < -0.3 is 4.42 Å². The highest BCUT2D eigenvalue weighted by molar-refractivity contribution is 6.76. The molecule has 0 radical (unpaired) electrons. The molecular formula is C23H21BN3O+. The zero-order chi connectivity index (χ0) is 21.8. The third-order valence-electron chi connectivity index (χ3n) is 5.33. The minimum absolute atomic E-state index is 0.0809. The summed E-state index contributed by atoms with van der Waals surface area (Å²) in [5.41, 5.74) is 4.41. The fourth-order valence-electron chi connectivity index (χ4n) is 3.89. The van der Waals surface area contributed by atoms with Gasteiger partial charge in [0.15, 0.2) is 0 Å². The fraction of sp³-hybridized carbons (Fsp3) is 0.130. The molecule has 4 heterocycles. The molecule has 28 heavy (non-hydrogen) atoms. The molecule has 0 atom stereocenters. The molecule has 0 bridgehead atoms. The summed E-state index contributed by atoms with van der Waals surface area (Å²) in [5, 5.41) is 0.993. The highest BCUT2D eigenvalue weighted by Gasteiger charge is 2.38. The van der Waals surface area contributed by atoms with Gasteiger partial charge in [-0.05, 0) is 48.6 Å². The molecule has 3 aromatic heterocycles. The highest BCUT2D eigenvalue weighted by atomic mass is 16.3. The summed E-state index contributed by atoms with van der Waals surface area (Å²) < 4.78 is 32.1. The van der Waals surface area contributed by atoms with Crippen LogP contribution in [0.15, 0.2) is 71.5 Å². The van der Waals surface area contributed by atoms with Crippen molar-refractivity contribution in [3.63, 3.8) is 0 Å². The van der Waals surface area contributed by atoms with E-state index in [4.69, 9.17) is 8.53 Å². The predicted molar refractivity (Wildman–Crippen MR) is 115 cm³/mol. The Morgan fingerprint density at radius 3 is 2.86 bits per heavy atom. The van der Waals surface area contributed by atoms with E-state index in [0.717, 1.165) is 28.0 Å². The number of benzene rings is 1. The minimum atomic E-state index is -2.22. The molecule has 0 unspecified atom stereocenters. The van der Waals surface area contributed by atoms with Crippen LogP contribution < -0.4 is 15.0 Å². The van der Waals surface area contributed by atoms with Gasteiger partial charge in [-0.2, -0.15) is 0 Å². The normalized spacial score (nSPS) is 15.3. The van der Waals surface area contributed by atoms with E-state index >= 15 is 0 Å². The van der Waals surface area contributed by atoms with Crippen LogP contribution in [0.4, 0.5) is 5.82 Å². The number of hydrogen-bond donors (Lipinski definition) is 0. The van der Waals surface area contributed by atoms with E-state index in [1.54, 1.807) is 12.4 Å². The largest absolute Gasteiger partial charge is 0.447 e. The molecule has 1 aliphatic rings. The average molecular weight is 369 g/mol. The number of furan rings is 1. The van der Waals surface area contributed by atoms with Crippen LogP contribution in [0.2, 0.25) is 6.82 Å². The van der Waals surface area contributed by atoms with Crippen LogP contribution in [0, 0.1) is 6.85 Å². The van der Waals surface area contributed by atoms with E-state index in [-0.39, 0.29) is 6.85 Å². The van der Waals surface area contributed by atoms with Gasteiger partial charge in [-0.3, -0.25) is 4.81 Å². The third kappa shape index (κ3) is 2.54. The van der Waals surface area contributed by atoms with Crippen LogP contribution in [0.3, 0.4) is 0 Å². The van der Waals surface area contributed by atoms with Crippen molar-refractivity contribution in [2.45, 2.75) is 13.7 Å². The van der Waals surface area contributed by atoms with E-state index in [2.05, 4.69) is 16.6 Å². The van der Waals surface area contributed by atoms with Crippen molar-refractivity contribution < 1.29 is 13.1 Å². The average Bonchev–Trinajstić information content (AvgIpc) is 3.14. The van der Waals surface area contributed by atoms with Gasteiger partial charge in [0.05, 0.1) is 19.4 Å². The molecule has 4 nitrogen and oxygen atoms in total. The van der Waals surface area contributed by atoms with Crippen LogP contribution in [-0.4, -0.2) is 11.8 Å². The van der Waals surface area contributed by atoms with E-state index in [1.165, 1.54) is 0 Å². The van der Waals surface area contributed by atoms with E-state index in [9.17, 15) is 0 Å². The van der Waals surface area contributed by atoms with Gasteiger partial charge in [-0.25, -0.2) is 9.55 Å². The summed E-state index contributed by atoms with van der Waals surface area (Å²) in [5.74, 6) is 0.870. The van der Waals surface area contributed by atoms with Crippen molar-refractivity contribution in [1.82, 2.24) is 4.98 Å². The Hall–Kier alpha value is -3.34. The molecule has 5 rings (SSSR count). The van der Waals surface area contributed by atoms with Crippen molar-refractivity contribution in [2.75, 3.05) is 4.81 Å². The number of fused-ring (bicyclic) bond motifs is 3. The third-order valence-corrected chi connectivity index (χ3v) is 5.33. The first-order valence-electron chi connectivity index (χ1n) is 10.8. The fourth-order valence-corrected chi connectivity index (χ4v) is 3.89. The number of pyridine rings is 2. The highest BCUT2D eigenvalue weighted by Crippen LogP contribution is 2.29. The lowest BCUT2D eigenvalue weighted by atomic mass is 9.58. The molecule has 5 heteroatoms. The molecule has 1 aliphatic heterocycles. The maximum absolute atomic E-state index is 8.04. The topological polar surface area (TPSA) is 33.2 Å². The van der Waals surface area contributed by atoms with Crippen LogP contribution in [0.25, 0.3) is 28.3 Å². The summed E-state index contributed by atoms with van der Waals surface area (Å²) in [7, 11) is 1.87. The van der Waals surface area contributed by atoms with Crippen molar-refractivity contribution >= 4 is 35.5 Å². The van der Waals surface area contributed by atoms with E-state index in [1.807, 2.05) is 72.4 Å². The van der Waals surface area contributed by atoms with Crippen molar-refractivity contribution in [2.24, 2.45) is 7.05 Å². The Labute approximate surface area is 169 Å². The Morgan fingerprint density at radius 2 is 2.04 bits per heavy atom. The zero-order valence-electron chi connectivity index (χ0n) is 18.8. The van der Waals surface area contributed by atoms with Crippen LogP contribution in [0.5, 0.6) is 0 Å². The second-order valence-electron chi connectivity index (χ2n) is 7.07. The maximum Gasteiger partial charge on any atom is 0.447 e. The minimum Gasteiger partial charge on any atom is -0.447 e. The molecule has 0 aliphatic carbocycles. The van der Waals surface area contributed by atoms with Crippen LogP contribution in [-0.2, 0) is 7.05 Å². The number of aryl methyl sites for hydroxylation is 2. The molecule has 0 fully saturated rings. The molecule has 1 aromatic carbocycles.